The van der Waals surface area contributed by atoms with Gasteiger partial charge in [-0.05, 0) is 36.4 Å². The number of ether oxygens (including phenoxy) is 3. The van der Waals surface area contributed by atoms with Crippen molar-refractivity contribution >= 4 is 33.4 Å². The summed E-state index contributed by atoms with van der Waals surface area (Å²) in [5.41, 5.74) is 1.04. The van der Waals surface area contributed by atoms with Crippen LogP contribution in [0.1, 0.15) is 10.4 Å². The van der Waals surface area contributed by atoms with Gasteiger partial charge in [0, 0.05) is 37.1 Å². The second-order valence-corrected chi connectivity index (χ2v) is 8.77. The van der Waals surface area contributed by atoms with Gasteiger partial charge in [0.1, 0.15) is 6.61 Å². The molecule has 1 fully saturated rings. The molecule has 172 valence electrons. The van der Waals surface area contributed by atoms with Crippen molar-refractivity contribution < 1.29 is 32.2 Å². The van der Waals surface area contributed by atoms with Crippen LogP contribution in [0.25, 0.3) is 0 Å². The van der Waals surface area contributed by atoms with Gasteiger partial charge in [-0.2, -0.15) is 4.31 Å². The van der Waals surface area contributed by atoms with Crippen molar-refractivity contribution in [2.75, 3.05) is 57.3 Å². The minimum Gasteiger partial charge on any atom is -0.447 e. The van der Waals surface area contributed by atoms with Crippen molar-refractivity contribution in [1.82, 2.24) is 4.31 Å². The third-order valence-electron chi connectivity index (χ3n) is 4.59. The van der Waals surface area contributed by atoms with Crippen LogP contribution < -0.4 is 10.6 Å². The zero-order valence-electron chi connectivity index (χ0n) is 17.6. The number of rotatable bonds is 8. The maximum absolute atomic E-state index is 12.8. The Morgan fingerprint density at radius 3 is 2.41 bits per heavy atom. The van der Waals surface area contributed by atoms with Crippen molar-refractivity contribution in [3.63, 3.8) is 0 Å². The molecular weight excluding hydrogens is 438 g/mol. The van der Waals surface area contributed by atoms with Gasteiger partial charge in [-0.25, -0.2) is 13.2 Å². The molecule has 2 aromatic carbocycles. The number of carbonyl (C=O) groups excluding carboxylic acids is 2. The highest BCUT2D eigenvalue weighted by atomic mass is 32.2. The van der Waals surface area contributed by atoms with Crippen LogP contribution in [-0.2, 0) is 24.2 Å². The molecule has 0 aromatic heterocycles. The molecular formula is C21H25N3O7S. The fourth-order valence-electron chi connectivity index (χ4n) is 2.98. The summed E-state index contributed by atoms with van der Waals surface area (Å²) in [4.78, 5) is 24.5. The predicted molar refractivity (Wildman–Crippen MR) is 117 cm³/mol. The Kier molecular flexibility index (Phi) is 8.17. The predicted octanol–water partition coefficient (Wildman–Crippen LogP) is 2.15. The monoisotopic (exact) mass is 463 g/mol. The van der Waals surface area contributed by atoms with E-state index in [0.29, 0.717) is 24.6 Å². The number of benzene rings is 2. The Morgan fingerprint density at radius 1 is 1.00 bits per heavy atom. The number of morpholine rings is 1. The first-order chi connectivity index (χ1) is 15.4. The second-order valence-electron chi connectivity index (χ2n) is 6.83. The average molecular weight is 464 g/mol. The third-order valence-corrected chi connectivity index (χ3v) is 6.49. The Hall–Kier alpha value is -2.99. The number of carbonyl (C=O) groups is 2. The maximum Gasteiger partial charge on any atom is 0.411 e. The van der Waals surface area contributed by atoms with Crippen LogP contribution in [0.5, 0.6) is 0 Å². The molecule has 0 unspecified atom stereocenters. The molecule has 0 radical (unpaired) electrons. The normalized spacial score (nSPS) is 14.5. The van der Waals surface area contributed by atoms with Gasteiger partial charge in [0.15, 0.2) is 0 Å². The average Bonchev–Trinajstić information content (AvgIpc) is 2.80. The first kappa shape index (κ1) is 23.7. The van der Waals surface area contributed by atoms with E-state index >= 15 is 0 Å². The Labute approximate surface area is 186 Å². The molecule has 1 aliphatic heterocycles. The van der Waals surface area contributed by atoms with Crippen molar-refractivity contribution in [1.29, 1.82) is 0 Å². The highest BCUT2D eigenvalue weighted by molar-refractivity contribution is 7.89. The van der Waals surface area contributed by atoms with Crippen molar-refractivity contribution in [3.8, 4) is 0 Å². The number of anilines is 2. The first-order valence-corrected chi connectivity index (χ1v) is 11.4. The van der Waals surface area contributed by atoms with E-state index in [1.807, 2.05) is 0 Å². The topological polar surface area (TPSA) is 123 Å². The van der Waals surface area contributed by atoms with Crippen LogP contribution in [0.15, 0.2) is 53.4 Å². The highest BCUT2D eigenvalue weighted by Crippen LogP contribution is 2.20. The summed E-state index contributed by atoms with van der Waals surface area (Å²) in [6, 6.07) is 12.4. The SMILES string of the molecule is COCCOC(=O)Nc1cccc(NC(=O)c2cccc(S(=O)(=O)N3CCOCC3)c2)c1. The number of nitrogens with zero attached hydrogens (tertiary/aromatic N) is 1. The molecule has 2 N–H and O–H groups in total. The fraction of sp³-hybridized carbons (Fsp3) is 0.333. The molecule has 0 aliphatic carbocycles. The summed E-state index contributed by atoms with van der Waals surface area (Å²) < 4.78 is 42.0. The summed E-state index contributed by atoms with van der Waals surface area (Å²) >= 11 is 0. The van der Waals surface area contributed by atoms with Gasteiger partial charge >= 0.3 is 6.09 Å². The Morgan fingerprint density at radius 2 is 1.69 bits per heavy atom. The lowest BCUT2D eigenvalue weighted by molar-refractivity contribution is 0.0730. The largest absolute Gasteiger partial charge is 0.447 e. The lowest BCUT2D eigenvalue weighted by atomic mass is 10.2. The van der Waals surface area contributed by atoms with E-state index in [0.717, 1.165) is 0 Å². The Bertz CT molecular complexity index is 1050. The Balaban J connectivity index is 1.67. The molecule has 3 rings (SSSR count). The van der Waals surface area contributed by atoms with Gasteiger partial charge in [0.2, 0.25) is 10.0 Å². The van der Waals surface area contributed by atoms with E-state index < -0.39 is 22.0 Å². The first-order valence-electron chi connectivity index (χ1n) is 9.92. The van der Waals surface area contributed by atoms with E-state index in [-0.39, 0.29) is 36.8 Å². The standard InChI is InChI=1S/C21H25N3O7S/c1-29-12-13-31-21(26)23-18-6-3-5-17(15-18)22-20(25)16-4-2-7-19(14-16)32(27,28)24-8-10-30-11-9-24/h2-7,14-15H,8-13H2,1H3,(H,22,25)(H,23,26). The third kappa shape index (κ3) is 6.26. The van der Waals surface area contributed by atoms with Crippen molar-refractivity contribution in [3.05, 3.63) is 54.1 Å². The van der Waals surface area contributed by atoms with Gasteiger partial charge in [-0.1, -0.05) is 12.1 Å². The summed E-state index contributed by atoms with van der Waals surface area (Å²) in [6.07, 6.45) is -0.647. The van der Waals surface area contributed by atoms with E-state index in [9.17, 15) is 18.0 Å². The van der Waals surface area contributed by atoms with E-state index in [1.54, 1.807) is 24.3 Å². The van der Waals surface area contributed by atoms with Crippen LogP contribution in [0, 0.1) is 0 Å². The molecule has 1 heterocycles. The van der Waals surface area contributed by atoms with E-state index in [2.05, 4.69) is 10.6 Å². The number of methoxy groups -OCH3 is 1. The zero-order chi connectivity index (χ0) is 23.0. The summed E-state index contributed by atoms with van der Waals surface area (Å²) in [7, 11) is -2.22. The van der Waals surface area contributed by atoms with Crippen LogP contribution >= 0.6 is 0 Å². The molecule has 0 saturated carbocycles. The molecule has 1 aliphatic rings. The van der Waals surface area contributed by atoms with Crippen molar-refractivity contribution in [2.24, 2.45) is 0 Å². The second kappa shape index (κ2) is 11.0. The van der Waals surface area contributed by atoms with Crippen LogP contribution in [0.3, 0.4) is 0 Å². The number of amides is 2. The molecule has 2 amide bonds. The molecule has 2 aromatic rings. The molecule has 0 bridgehead atoms. The fourth-order valence-corrected chi connectivity index (χ4v) is 4.44. The van der Waals surface area contributed by atoms with Crippen LogP contribution in [-0.4, -0.2) is 71.4 Å². The minimum absolute atomic E-state index is 0.0428. The number of hydrogen-bond donors (Lipinski definition) is 2. The number of nitrogens with one attached hydrogen (secondary N) is 2. The number of sulfonamides is 1. The van der Waals surface area contributed by atoms with Crippen LogP contribution in [0.4, 0.5) is 16.2 Å². The highest BCUT2D eigenvalue weighted by Gasteiger charge is 2.26. The summed E-state index contributed by atoms with van der Waals surface area (Å²) in [6.45, 7) is 1.61. The minimum atomic E-state index is -3.72. The lowest BCUT2D eigenvalue weighted by Crippen LogP contribution is -2.40. The van der Waals surface area contributed by atoms with Gasteiger partial charge in [-0.3, -0.25) is 10.1 Å². The van der Waals surface area contributed by atoms with E-state index in [4.69, 9.17) is 14.2 Å². The number of hydrogen-bond acceptors (Lipinski definition) is 7. The van der Waals surface area contributed by atoms with Crippen molar-refractivity contribution in [2.45, 2.75) is 4.90 Å². The van der Waals surface area contributed by atoms with Gasteiger partial charge < -0.3 is 19.5 Å². The zero-order valence-corrected chi connectivity index (χ0v) is 18.4. The molecule has 10 nitrogen and oxygen atoms in total. The quantitative estimate of drug-likeness (QED) is 0.575. The smallest absolute Gasteiger partial charge is 0.411 e. The summed E-state index contributed by atoms with van der Waals surface area (Å²) in [5, 5.41) is 5.26. The van der Waals surface area contributed by atoms with E-state index in [1.165, 1.54) is 35.7 Å². The lowest BCUT2D eigenvalue weighted by Gasteiger charge is -2.26. The molecule has 11 heteroatoms. The molecule has 0 atom stereocenters. The molecule has 1 saturated heterocycles. The molecule has 0 spiro atoms. The van der Waals surface area contributed by atoms with Crippen LogP contribution in [0.2, 0.25) is 0 Å². The summed E-state index contributed by atoms with van der Waals surface area (Å²) in [5.74, 6) is -0.483. The van der Waals surface area contributed by atoms with Gasteiger partial charge in [-0.15, -0.1) is 0 Å². The molecule has 32 heavy (non-hydrogen) atoms. The van der Waals surface area contributed by atoms with Gasteiger partial charge in [0.25, 0.3) is 5.91 Å². The van der Waals surface area contributed by atoms with Gasteiger partial charge in [0.05, 0.1) is 24.7 Å². The maximum atomic E-state index is 12.8.